The molecule has 1 N–H and O–H groups in total. The average molecular weight is 376 g/mol. The van der Waals surface area contributed by atoms with Crippen molar-refractivity contribution in [3.63, 3.8) is 0 Å². The molecule has 1 aromatic heterocycles. The molecule has 1 amide bonds. The molecule has 0 spiro atoms. The summed E-state index contributed by atoms with van der Waals surface area (Å²) in [5.41, 5.74) is 5.14. The van der Waals surface area contributed by atoms with Crippen molar-refractivity contribution in [1.29, 1.82) is 0 Å². The quantitative estimate of drug-likeness (QED) is 0.621. The van der Waals surface area contributed by atoms with Crippen LogP contribution in [-0.2, 0) is 5.41 Å². The second-order valence-electron chi connectivity index (χ2n) is 8.61. The number of aromatic nitrogens is 2. The van der Waals surface area contributed by atoms with Gasteiger partial charge in [0.1, 0.15) is 0 Å². The van der Waals surface area contributed by atoms with Crippen LogP contribution in [0.1, 0.15) is 67.7 Å². The van der Waals surface area contributed by atoms with Gasteiger partial charge in [0.2, 0.25) is 0 Å². The summed E-state index contributed by atoms with van der Waals surface area (Å²) in [4.78, 5) is 12.6. The molecule has 0 saturated carbocycles. The molecule has 2 aromatic carbocycles. The molecule has 0 fully saturated rings. The molecule has 0 radical (unpaired) electrons. The van der Waals surface area contributed by atoms with Crippen LogP contribution in [0.4, 0.5) is 5.82 Å². The monoisotopic (exact) mass is 375 g/mol. The zero-order chi connectivity index (χ0) is 20.5. The van der Waals surface area contributed by atoms with Gasteiger partial charge in [-0.15, -0.1) is 5.10 Å². The largest absolute Gasteiger partial charge is 0.305 e. The minimum Gasteiger partial charge on any atom is -0.305 e. The third-order valence-corrected chi connectivity index (χ3v) is 4.95. The fraction of sp³-hybridized carbons (Fsp3) is 0.333. The molecule has 28 heavy (non-hydrogen) atoms. The topological polar surface area (TPSA) is 46.9 Å². The Hall–Kier alpha value is -2.88. The number of aryl methyl sites for hydroxylation is 1. The second kappa shape index (κ2) is 7.63. The fourth-order valence-corrected chi connectivity index (χ4v) is 3.11. The summed E-state index contributed by atoms with van der Waals surface area (Å²) in [6, 6.07) is 18.0. The number of anilines is 1. The van der Waals surface area contributed by atoms with Gasteiger partial charge in [-0.25, -0.2) is 4.68 Å². The first-order chi connectivity index (χ1) is 13.1. The molecule has 3 rings (SSSR count). The van der Waals surface area contributed by atoms with E-state index < -0.39 is 0 Å². The number of nitrogens with one attached hydrogen (secondary N) is 1. The molecular weight excluding hydrogens is 346 g/mol. The van der Waals surface area contributed by atoms with Crippen molar-refractivity contribution >= 4 is 11.7 Å². The van der Waals surface area contributed by atoms with Crippen molar-refractivity contribution in [3.8, 4) is 5.69 Å². The van der Waals surface area contributed by atoms with Crippen molar-refractivity contribution in [2.24, 2.45) is 0 Å². The van der Waals surface area contributed by atoms with E-state index in [1.807, 2.05) is 41.9 Å². The van der Waals surface area contributed by atoms with E-state index in [1.165, 1.54) is 11.1 Å². The van der Waals surface area contributed by atoms with E-state index in [-0.39, 0.29) is 11.3 Å². The Bertz CT molecular complexity index is 959. The van der Waals surface area contributed by atoms with Crippen molar-refractivity contribution in [2.75, 3.05) is 5.32 Å². The van der Waals surface area contributed by atoms with Gasteiger partial charge in [0, 0.05) is 17.3 Å². The minimum absolute atomic E-state index is 0.0655. The van der Waals surface area contributed by atoms with E-state index in [4.69, 9.17) is 0 Å². The Kier molecular flexibility index (Phi) is 5.41. The van der Waals surface area contributed by atoms with E-state index in [0.29, 0.717) is 17.3 Å². The molecule has 0 aliphatic rings. The van der Waals surface area contributed by atoms with Crippen LogP contribution >= 0.6 is 0 Å². The van der Waals surface area contributed by atoms with Crippen LogP contribution in [0.25, 0.3) is 5.69 Å². The van der Waals surface area contributed by atoms with Crippen molar-refractivity contribution in [2.45, 2.75) is 52.9 Å². The van der Waals surface area contributed by atoms with Crippen LogP contribution < -0.4 is 5.32 Å². The lowest BCUT2D eigenvalue weighted by Crippen LogP contribution is -2.14. The first-order valence-corrected chi connectivity index (χ1v) is 9.74. The highest BCUT2D eigenvalue weighted by molar-refractivity contribution is 6.03. The molecule has 0 bridgehead atoms. The maximum absolute atomic E-state index is 12.6. The highest BCUT2D eigenvalue weighted by Crippen LogP contribution is 2.23. The van der Waals surface area contributed by atoms with Gasteiger partial charge in [0.15, 0.2) is 5.82 Å². The van der Waals surface area contributed by atoms with E-state index in [1.54, 1.807) is 0 Å². The normalized spacial score (nSPS) is 11.7. The van der Waals surface area contributed by atoms with E-state index >= 15 is 0 Å². The summed E-state index contributed by atoms with van der Waals surface area (Å²) in [6.45, 7) is 12.8. The molecule has 4 heteroatoms. The maximum Gasteiger partial charge on any atom is 0.256 e. The second-order valence-corrected chi connectivity index (χ2v) is 8.61. The Morgan fingerprint density at radius 2 is 1.61 bits per heavy atom. The summed E-state index contributed by atoms with van der Waals surface area (Å²) in [5, 5.41) is 7.47. The third-order valence-electron chi connectivity index (χ3n) is 4.95. The summed E-state index contributed by atoms with van der Waals surface area (Å²) in [6.07, 6.45) is 0. The highest BCUT2D eigenvalue weighted by Gasteiger charge is 2.15. The highest BCUT2D eigenvalue weighted by atomic mass is 16.1. The Balaban J connectivity index is 1.76. The number of carbonyl (C=O) groups is 1. The van der Waals surface area contributed by atoms with Crippen LogP contribution in [-0.4, -0.2) is 15.7 Å². The number of hydrogen-bond acceptors (Lipinski definition) is 2. The average Bonchev–Trinajstić information content (AvgIpc) is 3.01. The number of nitrogens with zero attached hydrogens (tertiary/aromatic N) is 2. The van der Waals surface area contributed by atoms with Crippen LogP contribution in [0, 0.1) is 6.92 Å². The summed E-state index contributed by atoms with van der Waals surface area (Å²) in [7, 11) is 0. The lowest BCUT2D eigenvalue weighted by atomic mass is 9.87. The lowest BCUT2D eigenvalue weighted by molar-refractivity contribution is 0.102. The maximum atomic E-state index is 12.6. The Labute approximate surface area is 167 Å². The molecule has 0 saturated heterocycles. The number of carbonyl (C=O) groups excluding carboxylic acids is 1. The van der Waals surface area contributed by atoms with Gasteiger partial charge in [-0.2, -0.15) is 0 Å². The van der Waals surface area contributed by atoms with E-state index in [9.17, 15) is 4.79 Å². The van der Waals surface area contributed by atoms with Crippen molar-refractivity contribution in [1.82, 2.24) is 9.78 Å². The molecule has 0 atom stereocenters. The van der Waals surface area contributed by atoms with E-state index in [0.717, 1.165) is 11.4 Å². The molecule has 4 nitrogen and oxygen atoms in total. The zero-order valence-corrected chi connectivity index (χ0v) is 17.6. The lowest BCUT2D eigenvalue weighted by Gasteiger charge is -2.18. The first-order valence-electron chi connectivity index (χ1n) is 9.74. The number of benzene rings is 2. The van der Waals surface area contributed by atoms with Crippen LogP contribution in [0.3, 0.4) is 0 Å². The molecular formula is C24H29N3O. The van der Waals surface area contributed by atoms with Crippen LogP contribution in [0.2, 0.25) is 0 Å². The predicted octanol–water partition coefficient (Wildman–Crippen LogP) is 5.85. The predicted molar refractivity (Wildman–Crippen MR) is 115 cm³/mol. The molecule has 3 aromatic rings. The third kappa shape index (κ3) is 4.33. The molecule has 0 aliphatic carbocycles. The van der Waals surface area contributed by atoms with Crippen LogP contribution in [0.5, 0.6) is 0 Å². The standard InChI is InChI=1S/C24H29N3O/c1-16(2)18-9-13-21(14-10-18)27-17(3)15-22(26-27)25-23(28)19-7-11-20(12-8-19)24(4,5)6/h7-16H,1-6H3,(H,25,26,28). The molecule has 0 unspecified atom stereocenters. The Morgan fingerprint density at radius 3 is 2.14 bits per heavy atom. The smallest absolute Gasteiger partial charge is 0.256 e. The molecule has 146 valence electrons. The number of amides is 1. The molecule has 0 aliphatic heterocycles. The van der Waals surface area contributed by atoms with Gasteiger partial charge in [-0.1, -0.05) is 58.9 Å². The van der Waals surface area contributed by atoms with E-state index in [2.05, 4.69) is 69.3 Å². The summed E-state index contributed by atoms with van der Waals surface area (Å²) < 4.78 is 1.85. The number of rotatable bonds is 4. The van der Waals surface area contributed by atoms with Gasteiger partial charge >= 0.3 is 0 Å². The van der Waals surface area contributed by atoms with Crippen LogP contribution in [0.15, 0.2) is 54.6 Å². The first kappa shape index (κ1) is 19.9. The SMILES string of the molecule is Cc1cc(NC(=O)c2ccc(C(C)(C)C)cc2)nn1-c1ccc(C(C)C)cc1. The zero-order valence-electron chi connectivity index (χ0n) is 17.6. The van der Waals surface area contributed by atoms with Crippen molar-refractivity contribution in [3.05, 3.63) is 77.0 Å². The van der Waals surface area contributed by atoms with Gasteiger partial charge in [-0.3, -0.25) is 4.79 Å². The van der Waals surface area contributed by atoms with Gasteiger partial charge in [0.25, 0.3) is 5.91 Å². The summed E-state index contributed by atoms with van der Waals surface area (Å²) >= 11 is 0. The van der Waals surface area contributed by atoms with Crippen molar-refractivity contribution < 1.29 is 4.79 Å². The molecule has 1 heterocycles. The van der Waals surface area contributed by atoms with Gasteiger partial charge in [0.05, 0.1) is 5.69 Å². The Morgan fingerprint density at radius 1 is 1.00 bits per heavy atom. The summed E-state index contributed by atoms with van der Waals surface area (Å²) in [5.74, 6) is 0.892. The fourth-order valence-electron chi connectivity index (χ4n) is 3.11. The number of hydrogen-bond donors (Lipinski definition) is 1. The van der Waals surface area contributed by atoms with Gasteiger partial charge < -0.3 is 5.32 Å². The van der Waals surface area contributed by atoms with Gasteiger partial charge in [-0.05, 0) is 53.6 Å². The minimum atomic E-state index is -0.153.